The molecule has 6 nitrogen and oxygen atoms in total. The number of ether oxygens (including phenoxy) is 1. The van der Waals surface area contributed by atoms with Crippen molar-refractivity contribution < 1.29 is 22.7 Å². The van der Waals surface area contributed by atoms with Crippen LogP contribution in [0, 0.1) is 5.92 Å². The average molecular weight is 345 g/mol. The SMILES string of the molecule is CCOC(=O)c1cc(CC)sc1NC(=O)[C@H]1CCS(=O)(=O)C1. The Morgan fingerprint density at radius 1 is 1.41 bits per heavy atom. The molecule has 1 fully saturated rings. The molecule has 1 aromatic rings. The molecule has 0 unspecified atom stereocenters. The molecular formula is C14H19NO5S2. The van der Waals surface area contributed by atoms with Crippen LogP contribution in [-0.2, 0) is 25.8 Å². The quantitative estimate of drug-likeness (QED) is 0.823. The van der Waals surface area contributed by atoms with Gasteiger partial charge in [-0.15, -0.1) is 11.3 Å². The molecule has 22 heavy (non-hydrogen) atoms. The molecule has 0 spiro atoms. The molecule has 1 atom stereocenters. The second kappa shape index (κ2) is 6.78. The molecule has 1 N–H and O–H groups in total. The van der Waals surface area contributed by atoms with Crippen LogP contribution in [0.3, 0.4) is 0 Å². The van der Waals surface area contributed by atoms with Crippen molar-refractivity contribution >= 4 is 38.1 Å². The van der Waals surface area contributed by atoms with Gasteiger partial charge in [0.2, 0.25) is 5.91 Å². The van der Waals surface area contributed by atoms with E-state index in [2.05, 4.69) is 5.32 Å². The molecule has 2 heterocycles. The number of nitrogens with one attached hydrogen (secondary N) is 1. The second-order valence-electron chi connectivity index (χ2n) is 5.12. The Hall–Kier alpha value is -1.41. The highest BCUT2D eigenvalue weighted by atomic mass is 32.2. The lowest BCUT2D eigenvalue weighted by Crippen LogP contribution is -2.24. The molecule has 0 bridgehead atoms. The van der Waals surface area contributed by atoms with Gasteiger partial charge in [0.1, 0.15) is 5.00 Å². The lowest BCUT2D eigenvalue weighted by atomic mass is 10.1. The average Bonchev–Trinajstić information content (AvgIpc) is 3.02. The van der Waals surface area contributed by atoms with Gasteiger partial charge >= 0.3 is 5.97 Å². The molecule has 0 radical (unpaired) electrons. The van der Waals surface area contributed by atoms with Crippen LogP contribution in [0.5, 0.6) is 0 Å². The summed E-state index contributed by atoms with van der Waals surface area (Å²) in [5.74, 6) is -1.46. The highest BCUT2D eigenvalue weighted by Gasteiger charge is 2.33. The maximum Gasteiger partial charge on any atom is 0.341 e. The van der Waals surface area contributed by atoms with Gasteiger partial charge in [-0.3, -0.25) is 4.79 Å². The Kier molecular flexibility index (Phi) is 5.23. The first kappa shape index (κ1) is 17.0. The maximum absolute atomic E-state index is 12.2. The van der Waals surface area contributed by atoms with E-state index < -0.39 is 21.7 Å². The first-order valence-electron chi connectivity index (χ1n) is 7.17. The smallest absolute Gasteiger partial charge is 0.341 e. The number of rotatable bonds is 5. The van der Waals surface area contributed by atoms with Crippen LogP contribution in [0.1, 0.15) is 35.5 Å². The molecule has 122 valence electrons. The number of sulfone groups is 1. The van der Waals surface area contributed by atoms with Crippen molar-refractivity contribution in [3.05, 3.63) is 16.5 Å². The molecule has 1 aromatic heterocycles. The third-order valence-electron chi connectivity index (χ3n) is 3.47. The van der Waals surface area contributed by atoms with Gasteiger partial charge in [0.15, 0.2) is 9.84 Å². The van der Waals surface area contributed by atoms with E-state index in [1.54, 1.807) is 13.0 Å². The van der Waals surface area contributed by atoms with Crippen molar-refractivity contribution in [3.8, 4) is 0 Å². The highest BCUT2D eigenvalue weighted by Crippen LogP contribution is 2.30. The summed E-state index contributed by atoms with van der Waals surface area (Å²) in [5.41, 5.74) is 0.331. The van der Waals surface area contributed by atoms with Gasteiger partial charge in [-0.05, 0) is 25.8 Å². The van der Waals surface area contributed by atoms with Crippen molar-refractivity contribution in [2.75, 3.05) is 23.4 Å². The molecule has 0 saturated carbocycles. The number of carbonyl (C=O) groups is 2. The zero-order valence-electron chi connectivity index (χ0n) is 12.5. The minimum atomic E-state index is -3.12. The fourth-order valence-corrected chi connectivity index (χ4v) is 5.01. The Morgan fingerprint density at radius 2 is 2.14 bits per heavy atom. The van der Waals surface area contributed by atoms with E-state index in [9.17, 15) is 18.0 Å². The lowest BCUT2D eigenvalue weighted by Gasteiger charge is -2.09. The molecule has 0 aromatic carbocycles. The predicted molar refractivity (Wildman–Crippen MR) is 85.0 cm³/mol. The normalized spacial score (nSPS) is 19.8. The summed E-state index contributed by atoms with van der Waals surface area (Å²) in [5, 5.41) is 3.13. The Morgan fingerprint density at radius 3 is 2.68 bits per heavy atom. The van der Waals surface area contributed by atoms with Crippen LogP contribution >= 0.6 is 11.3 Å². The van der Waals surface area contributed by atoms with Crippen molar-refractivity contribution in [1.82, 2.24) is 0 Å². The molecule has 8 heteroatoms. The van der Waals surface area contributed by atoms with Crippen molar-refractivity contribution in [2.24, 2.45) is 5.92 Å². The van der Waals surface area contributed by atoms with Gasteiger partial charge < -0.3 is 10.1 Å². The Balaban J connectivity index is 2.16. The number of aryl methyl sites for hydroxylation is 1. The lowest BCUT2D eigenvalue weighted by molar-refractivity contribution is -0.119. The van der Waals surface area contributed by atoms with Gasteiger partial charge in [0.05, 0.1) is 29.6 Å². The van der Waals surface area contributed by atoms with E-state index >= 15 is 0 Å². The van der Waals surface area contributed by atoms with Crippen molar-refractivity contribution in [1.29, 1.82) is 0 Å². The third-order valence-corrected chi connectivity index (χ3v) is 6.43. The summed E-state index contributed by atoms with van der Waals surface area (Å²) in [4.78, 5) is 25.1. The summed E-state index contributed by atoms with van der Waals surface area (Å²) >= 11 is 1.32. The van der Waals surface area contributed by atoms with Gasteiger partial charge in [-0.25, -0.2) is 13.2 Å². The van der Waals surface area contributed by atoms with Crippen LogP contribution in [0.25, 0.3) is 0 Å². The summed E-state index contributed by atoms with van der Waals surface area (Å²) in [6.45, 7) is 3.92. The first-order chi connectivity index (χ1) is 10.4. The minimum Gasteiger partial charge on any atom is -0.462 e. The second-order valence-corrected chi connectivity index (χ2v) is 8.48. The van der Waals surface area contributed by atoms with Gasteiger partial charge in [-0.1, -0.05) is 6.92 Å². The van der Waals surface area contributed by atoms with Crippen molar-refractivity contribution in [2.45, 2.75) is 26.7 Å². The number of carbonyl (C=O) groups excluding carboxylic acids is 2. The van der Waals surface area contributed by atoms with E-state index in [-0.39, 0.29) is 24.0 Å². The number of thiophene rings is 1. The first-order valence-corrected chi connectivity index (χ1v) is 9.81. The van der Waals surface area contributed by atoms with E-state index in [4.69, 9.17) is 4.74 Å². The third kappa shape index (κ3) is 3.86. The van der Waals surface area contributed by atoms with E-state index in [1.807, 2.05) is 6.92 Å². The van der Waals surface area contributed by atoms with E-state index in [1.165, 1.54) is 11.3 Å². The molecule has 1 aliphatic rings. The molecule has 2 rings (SSSR count). The van der Waals surface area contributed by atoms with Gasteiger partial charge in [-0.2, -0.15) is 0 Å². The zero-order valence-corrected chi connectivity index (χ0v) is 14.2. The van der Waals surface area contributed by atoms with Crippen LogP contribution in [0.15, 0.2) is 6.07 Å². The molecule has 1 amide bonds. The van der Waals surface area contributed by atoms with Crippen LogP contribution in [-0.4, -0.2) is 38.4 Å². The largest absolute Gasteiger partial charge is 0.462 e. The standard InChI is InChI=1S/C14H19NO5S2/c1-3-10-7-11(14(17)20-4-2)13(21-10)15-12(16)9-5-6-22(18,19)8-9/h7,9H,3-6,8H2,1-2H3,(H,15,16)/t9-/m0/s1. The van der Waals surface area contributed by atoms with Crippen LogP contribution in [0.4, 0.5) is 5.00 Å². The fourth-order valence-electron chi connectivity index (χ4n) is 2.29. The zero-order chi connectivity index (χ0) is 16.3. The summed E-state index contributed by atoms with van der Waals surface area (Å²) in [7, 11) is -3.12. The fraction of sp³-hybridized carbons (Fsp3) is 0.571. The van der Waals surface area contributed by atoms with Crippen LogP contribution < -0.4 is 5.32 Å². The van der Waals surface area contributed by atoms with Crippen LogP contribution in [0.2, 0.25) is 0 Å². The molecular weight excluding hydrogens is 326 g/mol. The molecule has 0 aliphatic carbocycles. The van der Waals surface area contributed by atoms with E-state index in [0.29, 0.717) is 17.0 Å². The maximum atomic E-state index is 12.2. The number of anilines is 1. The number of hydrogen-bond donors (Lipinski definition) is 1. The summed E-state index contributed by atoms with van der Waals surface area (Å²) in [6, 6.07) is 1.71. The topological polar surface area (TPSA) is 89.5 Å². The Bertz CT molecular complexity index is 677. The van der Waals surface area contributed by atoms with E-state index in [0.717, 1.165) is 11.3 Å². The van der Waals surface area contributed by atoms with Crippen molar-refractivity contribution in [3.63, 3.8) is 0 Å². The Labute approximate surface area is 133 Å². The summed E-state index contributed by atoms with van der Waals surface area (Å²) < 4.78 is 27.9. The van der Waals surface area contributed by atoms with Gasteiger partial charge in [0, 0.05) is 4.88 Å². The minimum absolute atomic E-state index is 0.0421. The van der Waals surface area contributed by atoms with Gasteiger partial charge in [0.25, 0.3) is 0 Å². The monoisotopic (exact) mass is 345 g/mol. The number of esters is 1. The summed E-state index contributed by atoms with van der Waals surface area (Å²) in [6.07, 6.45) is 1.07. The molecule has 1 aliphatic heterocycles. The predicted octanol–water partition coefficient (Wildman–Crippen LogP) is 1.86. The molecule has 1 saturated heterocycles. The number of amides is 1. The number of hydrogen-bond acceptors (Lipinski definition) is 6. The highest BCUT2D eigenvalue weighted by molar-refractivity contribution is 7.91.